The summed E-state index contributed by atoms with van der Waals surface area (Å²) in [5, 5.41) is 7.12. The monoisotopic (exact) mass is 406 g/mol. The van der Waals surface area contributed by atoms with E-state index in [1.165, 1.54) is 16.2 Å². The van der Waals surface area contributed by atoms with E-state index >= 15 is 0 Å². The Balaban J connectivity index is 1.75. The second-order valence-electron chi connectivity index (χ2n) is 6.69. The van der Waals surface area contributed by atoms with E-state index in [-0.39, 0.29) is 18.4 Å². The number of carbonyl (C=O) groups is 2. The predicted octanol–water partition coefficient (Wildman–Crippen LogP) is 4.75. The Morgan fingerprint density at radius 3 is 2.93 bits per heavy atom. The normalized spacial score (nSPS) is 15.7. The first-order valence-corrected chi connectivity index (χ1v) is 10.3. The molecule has 2 aromatic rings. The van der Waals surface area contributed by atoms with Crippen molar-refractivity contribution in [3.63, 3.8) is 0 Å². The molecule has 1 aromatic carbocycles. The van der Waals surface area contributed by atoms with Crippen molar-refractivity contribution in [2.75, 3.05) is 23.8 Å². The molecule has 0 spiro atoms. The Kier molecular flexibility index (Phi) is 6.39. The lowest BCUT2D eigenvalue weighted by Gasteiger charge is -2.18. The van der Waals surface area contributed by atoms with Crippen molar-refractivity contribution in [2.45, 2.75) is 33.1 Å². The number of ether oxygens (including phenoxy) is 1. The van der Waals surface area contributed by atoms with Crippen LogP contribution in [0.3, 0.4) is 0 Å². The van der Waals surface area contributed by atoms with E-state index in [0.717, 1.165) is 30.5 Å². The fraction of sp³-hybridized carbons (Fsp3) is 0.400. The molecular formula is C20H23ClN2O3S. The molecule has 0 saturated heterocycles. The summed E-state index contributed by atoms with van der Waals surface area (Å²) in [6.07, 6.45) is 2.82. The van der Waals surface area contributed by atoms with E-state index in [2.05, 4.69) is 17.6 Å². The number of fused-ring (bicyclic) bond motifs is 1. The Hall–Kier alpha value is -2.05. The third kappa shape index (κ3) is 4.82. The smallest absolute Gasteiger partial charge is 0.341 e. The summed E-state index contributed by atoms with van der Waals surface area (Å²) >= 11 is 7.45. The van der Waals surface area contributed by atoms with Crippen molar-refractivity contribution >= 4 is 45.5 Å². The standard InChI is InChI=1S/C20H23ClN2O3S/c1-3-26-20(25)18-15-8-7-12(2)9-16(15)27-19(18)23-17(24)11-22-14-6-4-5-13(21)10-14/h4-6,10,12,22H,3,7-9,11H2,1-2H3,(H,23,24)/t12-/m0/s1. The molecule has 1 aromatic heterocycles. The fourth-order valence-corrected chi connectivity index (χ4v) is 4.81. The third-order valence-electron chi connectivity index (χ3n) is 4.52. The minimum Gasteiger partial charge on any atom is -0.462 e. The first kappa shape index (κ1) is 19.7. The molecule has 27 heavy (non-hydrogen) atoms. The van der Waals surface area contributed by atoms with E-state index in [9.17, 15) is 9.59 Å². The molecule has 0 radical (unpaired) electrons. The van der Waals surface area contributed by atoms with Crippen molar-refractivity contribution in [1.29, 1.82) is 0 Å². The van der Waals surface area contributed by atoms with Gasteiger partial charge in [0.25, 0.3) is 0 Å². The van der Waals surface area contributed by atoms with Crippen LogP contribution in [0.15, 0.2) is 24.3 Å². The van der Waals surface area contributed by atoms with Crippen LogP contribution in [0.25, 0.3) is 0 Å². The van der Waals surface area contributed by atoms with Gasteiger partial charge in [-0.2, -0.15) is 0 Å². The molecule has 0 saturated carbocycles. The van der Waals surface area contributed by atoms with Crippen LogP contribution in [0.2, 0.25) is 5.02 Å². The van der Waals surface area contributed by atoms with Gasteiger partial charge in [0.15, 0.2) is 0 Å². The number of thiophene rings is 1. The van der Waals surface area contributed by atoms with Crippen LogP contribution in [0.1, 0.15) is 41.1 Å². The summed E-state index contributed by atoms with van der Waals surface area (Å²) in [5.41, 5.74) is 2.33. The highest BCUT2D eigenvalue weighted by molar-refractivity contribution is 7.17. The molecule has 1 aliphatic carbocycles. The lowest BCUT2D eigenvalue weighted by molar-refractivity contribution is -0.114. The van der Waals surface area contributed by atoms with Gasteiger partial charge in [-0.1, -0.05) is 24.6 Å². The maximum Gasteiger partial charge on any atom is 0.341 e. The third-order valence-corrected chi connectivity index (χ3v) is 5.93. The van der Waals surface area contributed by atoms with Crippen molar-refractivity contribution in [3.05, 3.63) is 45.3 Å². The van der Waals surface area contributed by atoms with Crippen LogP contribution in [0.5, 0.6) is 0 Å². The lowest BCUT2D eigenvalue weighted by Crippen LogP contribution is -2.22. The number of esters is 1. The van der Waals surface area contributed by atoms with E-state index in [0.29, 0.717) is 28.1 Å². The van der Waals surface area contributed by atoms with Crippen LogP contribution in [-0.2, 0) is 22.4 Å². The highest BCUT2D eigenvalue weighted by Gasteiger charge is 2.29. The van der Waals surface area contributed by atoms with Gasteiger partial charge in [0.1, 0.15) is 5.00 Å². The van der Waals surface area contributed by atoms with Crippen molar-refractivity contribution in [3.8, 4) is 0 Å². The van der Waals surface area contributed by atoms with Crippen LogP contribution >= 0.6 is 22.9 Å². The fourth-order valence-electron chi connectivity index (χ4n) is 3.21. The van der Waals surface area contributed by atoms with Gasteiger partial charge in [0.05, 0.1) is 18.7 Å². The summed E-state index contributed by atoms with van der Waals surface area (Å²) in [5.74, 6) is 0.00839. The predicted molar refractivity (Wildman–Crippen MR) is 110 cm³/mol. The van der Waals surface area contributed by atoms with Gasteiger partial charge in [-0.05, 0) is 55.9 Å². The zero-order chi connectivity index (χ0) is 19.4. The second-order valence-corrected chi connectivity index (χ2v) is 8.23. The number of anilines is 2. The summed E-state index contributed by atoms with van der Waals surface area (Å²) in [4.78, 5) is 26.1. The second kappa shape index (κ2) is 8.76. The Morgan fingerprint density at radius 1 is 1.37 bits per heavy atom. The highest BCUT2D eigenvalue weighted by atomic mass is 35.5. The van der Waals surface area contributed by atoms with Crippen molar-refractivity contribution in [1.82, 2.24) is 0 Å². The average Bonchev–Trinajstić information content (AvgIpc) is 2.97. The molecule has 1 heterocycles. The summed E-state index contributed by atoms with van der Waals surface area (Å²) in [6.45, 7) is 4.39. The van der Waals surface area contributed by atoms with Gasteiger partial charge >= 0.3 is 5.97 Å². The van der Waals surface area contributed by atoms with Crippen LogP contribution in [0, 0.1) is 5.92 Å². The molecule has 144 valence electrons. The molecule has 0 aliphatic heterocycles. The van der Waals surface area contributed by atoms with Gasteiger partial charge in [0.2, 0.25) is 5.91 Å². The molecular weight excluding hydrogens is 384 g/mol. The zero-order valence-electron chi connectivity index (χ0n) is 15.4. The van der Waals surface area contributed by atoms with Crippen LogP contribution in [-0.4, -0.2) is 25.0 Å². The first-order chi connectivity index (χ1) is 13.0. The largest absolute Gasteiger partial charge is 0.462 e. The lowest BCUT2D eigenvalue weighted by atomic mass is 9.88. The van der Waals surface area contributed by atoms with Gasteiger partial charge in [-0.3, -0.25) is 4.79 Å². The van der Waals surface area contributed by atoms with E-state index in [1.54, 1.807) is 19.1 Å². The quantitative estimate of drug-likeness (QED) is 0.679. The van der Waals surface area contributed by atoms with E-state index < -0.39 is 0 Å². The number of benzene rings is 1. The SMILES string of the molecule is CCOC(=O)c1c(NC(=O)CNc2cccc(Cl)c2)sc2c1CC[C@H](C)C2. The number of amides is 1. The molecule has 0 bridgehead atoms. The Labute approximate surface area is 168 Å². The molecule has 5 nitrogen and oxygen atoms in total. The van der Waals surface area contributed by atoms with E-state index in [1.807, 2.05) is 12.1 Å². The number of rotatable bonds is 6. The summed E-state index contributed by atoms with van der Waals surface area (Å²) in [7, 11) is 0. The summed E-state index contributed by atoms with van der Waals surface area (Å²) in [6, 6.07) is 7.18. The first-order valence-electron chi connectivity index (χ1n) is 9.08. The number of nitrogens with one attached hydrogen (secondary N) is 2. The zero-order valence-corrected chi connectivity index (χ0v) is 17.0. The van der Waals surface area contributed by atoms with Crippen molar-refractivity contribution < 1.29 is 14.3 Å². The van der Waals surface area contributed by atoms with Gasteiger partial charge in [-0.15, -0.1) is 11.3 Å². The summed E-state index contributed by atoms with van der Waals surface area (Å²) < 4.78 is 5.23. The number of hydrogen-bond acceptors (Lipinski definition) is 5. The maximum atomic E-state index is 12.5. The number of hydrogen-bond donors (Lipinski definition) is 2. The molecule has 0 unspecified atom stereocenters. The molecule has 2 N–H and O–H groups in total. The minimum atomic E-state index is -0.359. The topological polar surface area (TPSA) is 67.4 Å². The van der Waals surface area contributed by atoms with Crippen LogP contribution < -0.4 is 10.6 Å². The molecule has 0 fully saturated rings. The van der Waals surface area contributed by atoms with Gasteiger partial charge in [0, 0.05) is 15.6 Å². The van der Waals surface area contributed by atoms with E-state index in [4.69, 9.17) is 16.3 Å². The van der Waals surface area contributed by atoms with Crippen LogP contribution in [0.4, 0.5) is 10.7 Å². The Morgan fingerprint density at radius 2 is 2.19 bits per heavy atom. The molecule has 1 amide bonds. The highest BCUT2D eigenvalue weighted by Crippen LogP contribution is 2.40. The van der Waals surface area contributed by atoms with Gasteiger partial charge < -0.3 is 15.4 Å². The maximum absolute atomic E-state index is 12.5. The average molecular weight is 407 g/mol. The Bertz CT molecular complexity index is 850. The number of halogens is 1. The molecule has 1 aliphatic rings. The van der Waals surface area contributed by atoms with Gasteiger partial charge in [-0.25, -0.2) is 4.79 Å². The molecule has 1 atom stereocenters. The number of carbonyl (C=O) groups excluding carboxylic acids is 2. The van der Waals surface area contributed by atoms with Crippen molar-refractivity contribution in [2.24, 2.45) is 5.92 Å². The molecule has 7 heteroatoms. The molecule has 3 rings (SSSR count). The minimum absolute atomic E-state index is 0.0849.